The van der Waals surface area contributed by atoms with E-state index in [1.807, 2.05) is 6.07 Å². The molecular formula is C14H12FNO2S. The monoisotopic (exact) mass is 277 g/mol. The van der Waals surface area contributed by atoms with E-state index in [0.29, 0.717) is 10.6 Å². The first-order chi connectivity index (χ1) is 9.13. The average molecular weight is 277 g/mol. The lowest BCUT2D eigenvalue weighted by molar-refractivity contribution is 0.0690. The van der Waals surface area contributed by atoms with Gasteiger partial charge >= 0.3 is 5.97 Å². The molecule has 3 rings (SSSR count). The minimum atomic E-state index is -1.04. The maximum absolute atomic E-state index is 14.0. The van der Waals surface area contributed by atoms with Crippen molar-refractivity contribution >= 4 is 17.3 Å². The molecule has 0 unspecified atom stereocenters. The number of nitrogens with zero attached hydrogens (tertiary/aromatic N) is 1. The molecule has 5 heteroatoms. The van der Waals surface area contributed by atoms with Crippen LogP contribution in [0, 0.1) is 5.82 Å². The fourth-order valence-corrected chi connectivity index (χ4v) is 3.64. The molecule has 1 saturated carbocycles. The molecule has 2 aromatic rings. The normalized spacial score (nSPS) is 16.9. The lowest BCUT2D eigenvalue weighted by Crippen LogP contribution is -2.36. The first kappa shape index (κ1) is 12.3. The van der Waals surface area contributed by atoms with Crippen LogP contribution in [-0.2, 0) is 5.41 Å². The van der Waals surface area contributed by atoms with Gasteiger partial charge in [0, 0.05) is 10.9 Å². The second kappa shape index (κ2) is 4.42. The van der Waals surface area contributed by atoms with Crippen LogP contribution in [-0.4, -0.2) is 16.1 Å². The fourth-order valence-electron chi connectivity index (χ4n) is 2.57. The summed E-state index contributed by atoms with van der Waals surface area (Å²) in [6, 6.07) is 6.69. The third-order valence-electron chi connectivity index (χ3n) is 3.73. The highest BCUT2D eigenvalue weighted by atomic mass is 32.1. The van der Waals surface area contributed by atoms with Crippen molar-refractivity contribution in [2.24, 2.45) is 0 Å². The number of halogens is 1. The zero-order valence-electron chi connectivity index (χ0n) is 10.1. The molecule has 98 valence electrons. The van der Waals surface area contributed by atoms with Crippen molar-refractivity contribution in [1.29, 1.82) is 0 Å². The summed E-state index contributed by atoms with van der Waals surface area (Å²) >= 11 is 1.31. The molecule has 0 atom stereocenters. The molecule has 1 aromatic carbocycles. The number of aromatic carboxylic acids is 1. The molecule has 1 aromatic heterocycles. The number of benzene rings is 1. The summed E-state index contributed by atoms with van der Waals surface area (Å²) in [4.78, 5) is 15.1. The third-order valence-corrected chi connectivity index (χ3v) is 4.78. The number of carboxylic acids is 1. The second-order valence-corrected chi connectivity index (χ2v) is 5.62. The lowest BCUT2D eigenvalue weighted by Gasteiger charge is -2.40. The van der Waals surface area contributed by atoms with E-state index < -0.39 is 11.4 Å². The van der Waals surface area contributed by atoms with Crippen molar-refractivity contribution in [3.05, 3.63) is 51.7 Å². The molecule has 0 amide bonds. The van der Waals surface area contributed by atoms with Crippen molar-refractivity contribution in [3.63, 3.8) is 0 Å². The molecule has 0 spiro atoms. The number of carboxylic acid groups (broad SMARTS) is 1. The quantitative estimate of drug-likeness (QED) is 0.934. The number of hydrogen-bond donors (Lipinski definition) is 1. The van der Waals surface area contributed by atoms with E-state index in [2.05, 4.69) is 4.98 Å². The standard InChI is InChI=1S/C14H12FNO2S/c15-10-5-2-1-4-9(10)14(6-3-7-14)13-16-11(8-19-13)12(17)18/h1-2,4-5,8H,3,6-7H2,(H,17,18). The van der Waals surface area contributed by atoms with Gasteiger partial charge < -0.3 is 5.11 Å². The molecule has 1 N–H and O–H groups in total. The highest BCUT2D eigenvalue weighted by molar-refractivity contribution is 7.10. The number of hydrogen-bond acceptors (Lipinski definition) is 3. The molecule has 0 aliphatic heterocycles. The SMILES string of the molecule is O=C(O)c1csc(C2(c3ccccc3F)CCC2)n1. The van der Waals surface area contributed by atoms with Gasteiger partial charge in [0.2, 0.25) is 0 Å². The van der Waals surface area contributed by atoms with Crippen molar-refractivity contribution < 1.29 is 14.3 Å². The van der Waals surface area contributed by atoms with E-state index in [4.69, 9.17) is 5.11 Å². The van der Waals surface area contributed by atoms with E-state index in [0.717, 1.165) is 19.3 Å². The Labute approximate surface area is 113 Å². The number of aromatic nitrogens is 1. The van der Waals surface area contributed by atoms with Gasteiger partial charge in [0.05, 0.1) is 5.41 Å². The van der Waals surface area contributed by atoms with Crippen LogP contribution >= 0.6 is 11.3 Å². The largest absolute Gasteiger partial charge is 0.476 e. The van der Waals surface area contributed by atoms with Crippen LogP contribution in [0.15, 0.2) is 29.6 Å². The van der Waals surface area contributed by atoms with E-state index in [9.17, 15) is 9.18 Å². The third kappa shape index (κ3) is 1.85. The predicted molar refractivity (Wildman–Crippen MR) is 70.1 cm³/mol. The Morgan fingerprint density at radius 1 is 1.37 bits per heavy atom. The summed E-state index contributed by atoms with van der Waals surface area (Å²) in [5.41, 5.74) is 0.249. The Hall–Kier alpha value is -1.75. The zero-order valence-corrected chi connectivity index (χ0v) is 10.9. The van der Waals surface area contributed by atoms with Crippen molar-refractivity contribution in [2.75, 3.05) is 0 Å². The molecule has 1 fully saturated rings. The molecular weight excluding hydrogens is 265 g/mol. The maximum Gasteiger partial charge on any atom is 0.355 e. The summed E-state index contributed by atoms with van der Waals surface area (Å²) in [5.74, 6) is -1.28. The van der Waals surface area contributed by atoms with Crippen LogP contribution in [0.1, 0.15) is 40.3 Å². The molecule has 0 radical (unpaired) electrons. The fraction of sp³-hybridized carbons (Fsp3) is 0.286. The summed E-state index contributed by atoms with van der Waals surface area (Å²) in [6.07, 6.45) is 2.65. The highest BCUT2D eigenvalue weighted by Gasteiger charge is 2.44. The first-order valence-electron chi connectivity index (χ1n) is 6.08. The summed E-state index contributed by atoms with van der Waals surface area (Å²) in [6.45, 7) is 0. The van der Waals surface area contributed by atoms with Gasteiger partial charge in [-0.05, 0) is 18.9 Å². The van der Waals surface area contributed by atoms with Crippen molar-refractivity contribution in [2.45, 2.75) is 24.7 Å². The predicted octanol–water partition coefficient (Wildman–Crippen LogP) is 3.45. The molecule has 19 heavy (non-hydrogen) atoms. The molecule has 1 aliphatic carbocycles. The summed E-state index contributed by atoms with van der Waals surface area (Å²) in [7, 11) is 0. The van der Waals surface area contributed by atoms with Gasteiger partial charge in [-0.3, -0.25) is 0 Å². The number of thiazole rings is 1. The smallest absolute Gasteiger partial charge is 0.355 e. The second-order valence-electron chi connectivity index (χ2n) is 4.76. The maximum atomic E-state index is 14.0. The minimum Gasteiger partial charge on any atom is -0.476 e. The van der Waals surface area contributed by atoms with Crippen LogP contribution in [0.3, 0.4) is 0 Å². The van der Waals surface area contributed by atoms with Crippen molar-refractivity contribution in [3.8, 4) is 0 Å². The molecule has 0 bridgehead atoms. The van der Waals surface area contributed by atoms with Crippen LogP contribution in [0.25, 0.3) is 0 Å². The van der Waals surface area contributed by atoms with Crippen molar-refractivity contribution in [1.82, 2.24) is 4.98 Å². The van der Waals surface area contributed by atoms with Gasteiger partial charge in [-0.25, -0.2) is 14.2 Å². The van der Waals surface area contributed by atoms with Crippen LogP contribution in [0.5, 0.6) is 0 Å². The Bertz CT molecular complexity index is 634. The van der Waals surface area contributed by atoms with E-state index in [1.165, 1.54) is 22.8 Å². The van der Waals surface area contributed by atoms with E-state index in [-0.39, 0.29) is 11.5 Å². The summed E-state index contributed by atoms with van der Waals surface area (Å²) in [5, 5.41) is 11.2. The number of carbonyl (C=O) groups is 1. The number of rotatable bonds is 3. The summed E-state index contributed by atoms with van der Waals surface area (Å²) < 4.78 is 14.0. The van der Waals surface area contributed by atoms with Crippen LogP contribution < -0.4 is 0 Å². The lowest BCUT2D eigenvalue weighted by atomic mass is 9.64. The molecule has 1 aliphatic rings. The van der Waals surface area contributed by atoms with Gasteiger partial charge in [0.15, 0.2) is 5.69 Å². The Morgan fingerprint density at radius 2 is 2.11 bits per heavy atom. The van der Waals surface area contributed by atoms with Gasteiger partial charge in [0.1, 0.15) is 10.8 Å². The zero-order chi connectivity index (χ0) is 13.5. The molecule has 0 saturated heterocycles. The highest BCUT2D eigenvalue weighted by Crippen LogP contribution is 2.50. The van der Waals surface area contributed by atoms with Gasteiger partial charge in [-0.15, -0.1) is 11.3 Å². The Kier molecular flexibility index (Phi) is 2.86. The topological polar surface area (TPSA) is 50.2 Å². The molecule has 1 heterocycles. The van der Waals surface area contributed by atoms with E-state index >= 15 is 0 Å². The molecule has 3 nitrogen and oxygen atoms in total. The van der Waals surface area contributed by atoms with Gasteiger partial charge in [-0.1, -0.05) is 24.6 Å². The Morgan fingerprint density at radius 3 is 2.63 bits per heavy atom. The van der Waals surface area contributed by atoms with Gasteiger partial charge in [-0.2, -0.15) is 0 Å². The van der Waals surface area contributed by atoms with Crippen LogP contribution in [0.4, 0.5) is 4.39 Å². The Balaban J connectivity index is 2.08. The first-order valence-corrected chi connectivity index (χ1v) is 6.96. The average Bonchev–Trinajstić information content (AvgIpc) is 2.80. The van der Waals surface area contributed by atoms with Crippen LogP contribution in [0.2, 0.25) is 0 Å². The minimum absolute atomic E-state index is 0.0441. The van der Waals surface area contributed by atoms with Gasteiger partial charge in [0.25, 0.3) is 0 Å². The van der Waals surface area contributed by atoms with E-state index in [1.54, 1.807) is 12.1 Å².